The van der Waals surface area contributed by atoms with Crippen molar-refractivity contribution in [3.05, 3.63) is 71.8 Å². The van der Waals surface area contributed by atoms with Crippen molar-refractivity contribution in [2.24, 2.45) is 0 Å². The average Bonchev–Trinajstić information content (AvgIpc) is 2.91. The van der Waals surface area contributed by atoms with Crippen LogP contribution in [-0.4, -0.2) is 23.6 Å². The normalized spacial score (nSPS) is 21.9. The Morgan fingerprint density at radius 1 is 1.04 bits per heavy atom. The summed E-state index contributed by atoms with van der Waals surface area (Å²) in [7, 11) is 0. The van der Waals surface area contributed by atoms with Gasteiger partial charge in [0.1, 0.15) is 12.4 Å². The van der Waals surface area contributed by atoms with Crippen LogP contribution in [0, 0.1) is 11.3 Å². The summed E-state index contributed by atoms with van der Waals surface area (Å²) in [6.07, 6.45) is 6.56. The number of hydrogen-bond donors (Lipinski definition) is 0. The maximum Gasteiger partial charge on any atom is 0.119 e. The second kappa shape index (κ2) is 7.76. The predicted molar refractivity (Wildman–Crippen MR) is 104 cm³/mol. The predicted octanol–water partition coefficient (Wildman–Crippen LogP) is 4.80. The number of fused-ring (bicyclic) bond motifs is 2. The third kappa shape index (κ3) is 3.66. The van der Waals surface area contributed by atoms with Gasteiger partial charge in [0.05, 0.1) is 12.5 Å². The molecular weight excluding hydrogens is 320 g/mol. The molecule has 26 heavy (non-hydrogen) atoms. The maximum atomic E-state index is 8.59. The second-order valence-electron chi connectivity index (χ2n) is 7.13. The Labute approximate surface area is 155 Å². The van der Waals surface area contributed by atoms with Gasteiger partial charge in [-0.2, -0.15) is 5.26 Å². The van der Waals surface area contributed by atoms with Gasteiger partial charge >= 0.3 is 0 Å². The topological polar surface area (TPSA) is 36.3 Å². The van der Waals surface area contributed by atoms with Gasteiger partial charge in [0.2, 0.25) is 0 Å². The van der Waals surface area contributed by atoms with E-state index in [-0.39, 0.29) is 0 Å². The summed E-state index contributed by atoms with van der Waals surface area (Å²) in [5.41, 5.74) is 4.17. The van der Waals surface area contributed by atoms with Gasteiger partial charge in [-0.15, -0.1) is 0 Å². The summed E-state index contributed by atoms with van der Waals surface area (Å²) in [5.74, 6) is 0.842. The number of rotatable bonds is 6. The highest BCUT2D eigenvalue weighted by Crippen LogP contribution is 2.39. The van der Waals surface area contributed by atoms with E-state index < -0.39 is 0 Å². The third-order valence-electron chi connectivity index (χ3n) is 5.46. The van der Waals surface area contributed by atoms with Crippen LogP contribution < -0.4 is 4.74 Å². The molecule has 0 radical (unpaired) electrons. The van der Waals surface area contributed by atoms with Gasteiger partial charge in [-0.05, 0) is 48.1 Å². The van der Waals surface area contributed by atoms with E-state index in [1.165, 1.54) is 29.5 Å². The molecule has 2 aliphatic rings. The molecule has 0 saturated carbocycles. The number of ether oxygens (including phenoxy) is 1. The zero-order valence-corrected chi connectivity index (χ0v) is 15.0. The van der Waals surface area contributed by atoms with Crippen molar-refractivity contribution in [1.29, 1.82) is 5.26 Å². The lowest BCUT2D eigenvalue weighted by molar-refractivity contribution is 0.203. The Kier molecular flexibility index (Phi) is 5.04. The molecular formula is C23H24N2O. The van der Waals surface area contributed by atoms with E-state index in [9.17, 15) is 0 Å². The number of hydrogen-bond acceptors (Lipinski definition) is 3. The molecule has 2 aromatic rings. The summed E-state index contributed by atoms with van der Waals surface area (Å²) in [6, 6.07) is 22.4. The molecule has 0 amide bonds. The Bertz CT molecular complexity index is 804. The van der Waals surface area contributed by atoms with Crippen LogP contribution in [0.25, 0.3) is 5.57 Å². The fraction of sp³-hybridized carbons (Fsp3) is 0.348. The molecule has 3 nitrogen and oxygen atoms in total. The first-order valence-electron chi connectivity index (χ1n) is 9.44. The Hall–Kier alpha value is -2.57. The van der Waals surface area contributed by atoms with E-state index in [0.29, 0.717) is 25.1 Å². The van der Waals surface area contributed by atoms with E-state index in [1.54, 1.807) is 0 Å². The molecule has 4 rings (SSSR count). The first-order valence-corrected chi connectivity index (χ1v) is 9.44. The van der Waals surface area contributed by atoms with Crippen molar-refractivity contribution in [2.45, 2.75) is 44.3 Å². The van der Waals surface area contributed by atoms with E-state index in [2.05, 4.69) is 59.5 Å². The zero-order valence-electron chi connectivity index (χ0n) is 15.0. The molecule has 0 aromatic heterocycles. The molecule has 2 bridgehead atoms. The molecule has 2 unspecified atom stereocenters. The minimum absolute atomic E-state index is 0.424. The van der Waals surface area contributed by atoms with Crippen LogP contribution in [0.5, 0.6) is 5.75 Å². The third-order valence-corrected chi connectivity index (χ3v) is 5.46. The monoisotopic (exact) mass is 344 g/mol. The summed E-state index contributed by atoms with van der Waals surface area (Å²) in [6.45, 7) is 1.50. The molecule has 0 N–H and O–H groups in total. The molecule has 2 aliphatic heterocycles. The molecule has 3 heteroatoms. The van der Waals surface area contributed by atoms with Gasteiger partial charge in [0, 0.05) is 18.6 Å². The smallest absolute Gasteiger partial charge is 0.119 e. The molecule has 0 aliphatic carbocycles. The first-order chi connectivity index (χ1) is 12.8. The lowest BCUT2D eigenvalue weighted by Gasteiger charge is -2.34. The van der Waals surface area contributed by atoms with Crippen molar-refractivity contribution >= 4 is 5.57 Å². The van der Waals surface area contributed by atoms with Gasteiger partial charge in [-0.1, -0.05) is 48.5 Å². The largest absolute Gasteiger partial charge is 0.493 e. The van der Waals surface area contributed by atoms with Crippen LogP contribution in [0.4, 0.5) is 0 Å². The molecule has 1 saturated heterocycles. The fourth-order valence-corrected chi connectivity index (χ4v) is 4.15. The number of benzene rings is 2. The van der Waals surface area contributed by atoms with Crippen LogP contribution in [0.1, 0.15) is 36.8 Å². The Balaban J connectivity index is 1.44. The first kappa shape index (κ1) is 16.9. The summed E-state index contributed by atoms with van der Waals surface area (Å²) in [5, 5.41) is 8.59. The van der Waals surface area contributed by atoms with Gasteiger partial charge in [0.15, 0.2) is 0 Å². The van der Waals surface area contributed by atoms with Crippen LogP contribution in [-0.2, 0) is 6.54 Å². The van der Waals surface area contributed by atoms with Gasteiger partial charge < -0.3 is 4.74 Å². The van der Waals surface area contributed by atoms with Gasteiger partial charge in [0.25, 0.3) is 0 Å². The highest BCUT2D eigenvalue weighted by atomic mass is 16.5. The van der Waals surface area contributed by atoms with Crippen LogP contribution in [0.3, 0.4) is 0 Å². The minimum atomic E-state index is 0.424. The molecule has 2 heterocycles. The molecule has 2 atom stereocenters. The quantitative estimate of drug-likeness (QED) is 0.706. The minimum Gasteiger partial charge on any atom is -0.493 e. The number of nitriles is 1. The van der Waals surface area contributed by atoms with Crippen molar-refractivity contribution < 1.29 is 4.74 Å². The van der Waals surface area contributed by atoms with E-state index >= 15 is 0 Å². The van der Waals surface area contributed by atoms with Gasteiger partial charge in [-0.25, -0.2) is 0 Å². The highest BCUT2D eigenvalue weighted by Gasteiger charge is 2.36. The summed E-state index contributed by atoms with van der Waals surface area (Å²) < 4.78 is 5.58. The van der Waals surface area contributed by atoms with Crippen molar-refractivity contribution in [3.63, 3.8) is 0 Å². The van der Waals surface area contributed by atoms with E-state index in [4.69, 9.17) is 10.00 Å². The maximum absolute atomic E-state index is 8.59. The molecule has 132 valence electrons. The van der Waals surface area contributed by atoms with Crippen LogP contribution in [0.2, 0.25) is 0 Å². The van der Waals surface area contributed by atoms with E-state index in [0.717, 1.165) is 18.7 Å². The van der Waals surface area contributed by atoms with E-state index in [1.807, 2.05) is 12.1 Å². The highest BCUT2D eigenvalue weighted by molar-refractivity contribution is 5.68. The fourth-order valence-electron chi connectivity index (χ4n) is 4.15. The van der Waals surface area contributed by atoms with Crippen molar-refractivity contribution in [2.75, 3.05) is 6.61 Å². The van der Waals surface area contributed by atoms with Crippen LogP contribution >= 0.6 is 0 Å². The van der Waals surface area contributed by atoms with Crippen molar-refractivity contribution in [3.8, 4) is 11.8 Å². The molecule has 0 spiro atoms. The Morgan fingerprint density at radius 2 is 1.85 bits per heavy atom. The summed E-state index contributed by atoms with van der Waals surface area (Å²) >= 11 is 0. The van der Waals surface area contributed by atoms with Gasteiger partial charge in [-0.3, -0.25) is 4.90 Å². The van der Waals surface area contributed by atoms with Crippen molar-refractivity contribution in [1.82, 2.24) is 4.90 Å². The average molecular weight is 344 g/mol. The SMILES string of the molecule is N#CCCOc1ccc(C2=CC3CCC(C2)N3Cc2ccccc2)cc1. The second-order valence-corrected chi connectivity index (χ2v) is 7.13. The Morgan fingerprint density at radius 3 is 2.58 bits per heavy atom. The number of nitrogens with zero attached hydrogens (tertiary/aromatic N) is 2. The zero-order chi connectivity index (χ0) is 17.8. The lowest BCUT2D eigenvalue weighted by Crippen LogP contribution is -2.37. The summed E-state index contributed by atoms with van der Waals surface area (Å²) in [4.78, 5) is 2.66. The lowest BCUT2D eigenvalue weighted by atomic mass is 9.94. The standard InChI is InChI=1S/C23H24N2O/c24-13-4-14-26-23-11-7-19(8-12-23)20-15-21-9-10-22(16-20)25(21)17-18-5-2-1-3-6-18/h1-3,5-8,11-12,15,21-22H,4,9-10,14,16-17H2. The molecule has 2 aromatic carbocycles. The van der Waals surface area contributed by atoms with Crippen LogP contribution in [0.15, 0.2) is 60.7 Å². The molecule has 1 fully saturated rings.